The van der Waals surface area contributed by atoms with Gasteiger partial charge in [-0.05, 0) is 51.6 Å². The zero-order valence-electron chi connectivity index (χ0n) is 17.6. The molecule has 1 saturated heterocycles. The Morgan fingerprint density at radius 2 is 1.78 bits per heavy atom. The van der Waals surface area contributed by atoms with Gasteiger partial charge in [0.2, 0.25) is 0 Å². The molecule has 3 aromatic carbocycles. The number of aliphatic hydroxyl groups is 3. The Balaban J connectivity index is 1.56. The minimum atomic E-state index is -1.10. The monoisotopic (exact) mass is 452 g/mol. The van der Waals surface area contributed by atoms with Gasteiger partial charge in [0.15, 0.2) is 0 Å². The van der Waals surface area contributed by atoms with Crippen LogP contribution < -0.4 is 0 Å². The Bertz CT molecular complexity index is 1270. The van der Waals surface area contributed by atoms with Gasteiger partial charge < -0.3 is 20.1 Å². The number of rotatable bonds is 4. The largest absolute Gasteiger partial charge is 0.394 e. The molecule has 1 aliphatic rings. The highest BCUT2D eigenvalue weighted by Crippen LogP contribution is 2.39. The summed E-state index contributed by atoms with van der Waals surface area (Å²) in [5.74, 6) is -0.621. The lowest BCUT2D eigenvalue weighted by atomic mass is 9.84. The van der Waals surface area contributed by atoms with Gasteiger partial charge in [-0.3, -0.25) is 0 Å². The van der Waals surface area contributed by atoms with Crippen LogP contribution in [0.2, 0.25) is 0 Å². The van der Waals surface area contributed by atoms with E-state index in [0.29, 0.717) is 6.42 Å². The fourth-order valence-electron chi connectivity index (χ4n) is 4.67. The van der Waals surface area contributed by atoms with Crippen LogP contribution in [-0.2, 0) is 11.2 Å². The van der Waals surface area contributed by atoms with Crippen molar-refractivity contribution in [1.82, 2.24) is 0 Å². The molecule has 0 radical (unpaired) electrons. The predicted molar refractivity (Wildman–Crippen MR) is 124 cm³/mol. The number of ether oxygens (including phenoxy) is 1. The van der Waals surface area contributed by atoms with Gasteiger partial charge in [-0.1, -0.05) is 43.3 Å². The van der Waals surface area contributed by atoms with Gasteiger partial charge in [-0.2, -0.15) is 0 Å². The van der Waals surface area contributed by atoms with Crippen LogP contribution >= 0.6 is 11.3 Å². The molecular weight excluding hydrogens is 427 g/mol. The highest BCUT2D eigenvalue weighted by molar-refractivity contribution is 7.19. The van der Waals surface area contributed by atoms with E-state index in [9.17, 15) is 19.7 Å². The minimum Gasteiger partial charge on any atom is -0.394 e. The Morgan fingerprint density at radius 1 is 0.969 bits per heavy atom. The summed E-state index contributed by atoms with van der Waals surface area (Å²) in [6.07, 6.45) is -2.74. The molecule has 1 aliphatic heterocycles. The number of fused-ring (bicyclic) bond motifs is 2. The van der Waals surface area contributed by atoms with Crippen LogP contribution in [0.3, 0.4) is 0 Å². The molecule has 1 aromatic heterocycles. The first-order chi connectivity index (χ1) is 15.4. The van der Waals surface area contributed by atoms with E-state index >= 15 is 0 Å². The van der Waals surface area contributed by atoms with Crippen LogP contribution in [0, 0.1) is 11.7 Å². The SMILES string of the molecule is C[C@H]1[C@H](O)[C@@H](O)[C@H](c2cc(Cc3cc4cc(F)ccc4s3)cc3ccccc23)O[C@@H]1CO. The first-order valence-electron chi connectivity index (χ1n) is 10.8. The number of thiophene rings is 1. The lowest BCUT2D eigenvalue weighted by molar-refractivity contribution is -0.206. The summed E-state index contributed by atoms with van der Waals surface area (Å²) in [4.78, 5) is 1.11. The van der Waals surface area contributed by atoms with E-state index in [4.69, 9.17) is 4.74 Å². The van der Waals surface area contributed by atoms with Crippen molar-refractivity contribution in [3.8, 4) is 0 Å². The minimum absolute atomic E-state index is 0.225. The molecule has 0 bridgehead atoms. The third-order valence-corrected chi connectivity index (χ3v) is 7.57. The van der Waals surface area contributed by atoms with E-state index in [2.05, 4.69) is 6.07 Å². The molecule has 0 saturated carbocycles. The van der Waals surface area contributed by atoms with E-state index in [1.54, 1.807) is 30.4 Å². The smallest absolute Gasteiger partial charge is 0.123 e. The zero-order chi connectivity index (χ0) is 22.4. The Kier molecular flexibility index (Phi) is 5.73. The third kappa shape index (κ3) is 3.83. The zero-order valence-corrected chi connectivity index (χ0v) is 18.4. The van der Waals surface area contributed by atoms with E-state index in [1.807, 2.05) is 36.4 Å². The quantitative estimate of drug-likeness (QED) is 0.424. The molecule has 4 nitrogen and oxygen atoms in total. The van der Waals surface area contributed by atoms with Crippen molar-refractivity contribution in [2.75, 3.05) is 6.61 Å². The second-order valence-corrected chi connectivity index (χ2v) is 9.76. The molecule has 166 valence electrons. The van der Waals surface area contributed by atoms with Crippen molar-refractivity contribution in [2.24, 2.45) is 5.92 Å². The highest BCUT2D eigenvalue weighted by atomic mass is 32.1. The van der Waals surface area contributed by atoms with Gasteiger partial charge in [0, 0.05) is 21.9 Å². The maximum absolute atomic E-state index is 13.6. The number of benzene rings is 3. The fourth-order valence-corrected chi connectivity index (χ4v) is 5.75. The van der Waals surface area contributed by atoms with Crippen LogP contribution in [-0.4, -0.2) is 40.2 Å². The summed E-state index contributed by atoms with van der Waals surface area (Å²) in [7, 11) is 0. The van der Waals surface area contributed by atoms with Gasteiger partial charge in [0.1, 0.15) is 18.0 Å². The van der Waals surface area contributed by atoms with Crippen molar-refractivity contribution in [2.45, 2.75) is 37.8 Å². The van der Waals surface area contributed by atoms with E-state index in [0.717, 1.165) is 36.9 Å². The summed E-state index contributed by atoms with van der Waals surface area (Å²) >= 11 is 1.63. The maximum atomic E-state index is 13.6. The van der Waals surface area contributed by atoms with Gasteiger partial charge in [0.05, 0.1) is 18.8 Å². The van der Waals surface area contributed by atoms with Gasteiger partial charge in [-0.15, -0.1) is 11.3 Å². The van der Waals surface area contributed by atoms with Gasteiger partial charge in [-0.25, -0.2) is 4.39 Å². The molecule has 0 aliphatic carbocycles. The molecule has 6 heteroatoms. The van der Waals surface area contributed by atoms with E-state index in [1.165, 1.54) is 6.07 Å². The molecule has 4 aromatic rings. The number of hydrogen-bond donors (Lipinski definition) is 3. The second-order valence-electron chi connectivity index (χ2n) is 8.60. The summed E-state index contributed by atoms with van der Waals surface area (Å²) in [6, 6.07) is 18.8. The Hall–Kier alpha value is -2.35. The number of halogens is 1. The Morgan fingerprint density at radius 3 is 2.59 bits per heavy atom. The average Bonchev–Trinajstić information content (AvgIpc) is 3.18. The van der Waals surface area contributed by atoms with Crippen LogP contribution in [0.5, 0.6) is 0 Å². The van der Waals surface area contributed by atoms with Crippen LogP contribution in [0.1, 0.15) is 29.0 Å². The molecule has 5 atom stereocenters. The van der Waals surface area contributed by atoms with Gasteiger partial charge in [0.25, 0.3) is 0 Å². The van der Waals surface area contributed by atoms with Crippen LogP contribution in [0.25, 0.3) is 20.9 Å². The van der Waals surface area contributed by atoms with Crippen molar-refractivity contribution in [3.63, 3.8) is 0 Å². The summed E-state index contributed by atoms with van der Waals surface area (Å²) in [5, 5.41) is 34.0. The predicted octanol–water partition coefficient (Wildman–Crippen LogP) is 4.57. The molecule has 3 N–H and O–H groups in total. The highest BCUT2D eigenvalue weighted by Gasteiger charge is 2.43. The second kappa shape index (κ2) is 8.54. The molecule has 1 fully saturated rings. The normalized spacial score (nSPS) is 26.1. The lowest BCUT2D eigenvalue weighted by Gasteiger charge is -2.41. The van der Waals surface area contributed by atoms with Crippen molar-refractivity contribution in [3.05, 3.63) is 82.5 Å². The number of aliphatic hydroxyl groups excluding tert-OH is 3. The molecular formula is C26H25FO4S. The van der Waals surface area contributed by atoms with E-state index < -0.39 is 24.4 Å². The maximum Gasteiger partial charge on any atom is 0.123 e. The van der Waals surface area contributed by atoms with Crippen LogP contribution in [0.4, 0.5) is 4.39 Å². The fraction of sp³-hybridized carbons (Fsp3) is 0.308. The molecule has 0 amide bonds. The standard InChI is InChI=1S/C26H25FO4S/c1-14-22(13-28)31-26(25(30)24(14)29)21-10-15(8-16-4-2-3-5-20(16)21)9-19-12-17-11-18(27)6-7-23(17)32-19/h2-8,10-12,14,22,24-26,28-30H,9,13H2,1H3/t14-,22-,24+,25-,26+/m1/s1. The summed E-state index contributed by atoms with van der Waals surface area (Å²) < 4.78 is 20.7. The first-order valence-corrected chi connectivity index (χ1v) is 11.6. The molecule has 2 heterocycles. The van der Waals surface area contributed by atoms with Gasteiger partial charge >= 0.3 is 0 Å². The molecule has 5 rings (SSSR count). The first kappa shape index (κ1) is 21.5. The topological polar surface area (TPSA) is 69.9 Å². The van der Waals surface area contributed by atoms with E-state index in [-0.39, 0.29) is 18.3 Å². The molecule has 0 unspecified atom stereocenters. The third-order valence-electron chi connectivity index (χ3n) is 6.45. The average molecular weight is 453 g/mol. The summed E-state index contributed by atoms with van der Waals surface area (Å²) in [5.41, 5.74) is 1.83. The van der Waals surface area contributed by atoms with Crippen molar-refractivity contribution in [1.29, 1.82) is 0 Å². The van der Waals surface area contributed by atoms with Crippen molar-refractivity contribution >= 4 is 32.2 Å². The lowest BCUT2D eigenvalue weighted by Crippen LogP contribution is -2.50. The number of hydrogen-bond acceptors (Lipinski definition) is 5. The summed E-state index contributed by atoms with van der Waals surface area (Å²) in [6.45, 7) is 1.54. The molecule has 32 heavy (non-hydrogen) atoms. The molecule has 0 spiro atoms. The van der Waals surface area contributed by atoms with Crippen LogP contribution in [0.15, 0.2) is 60.7 Å². The Labute approximate surface area is 189 Å². The van der Waals surface area contributed by atoms with Crippen molar-refractivity contribution < 1.29 is 24.4 Å².